The zero-order valence-corrected chi connectivity index (χ0v) is 12.7. The Kier molecular flexibility index (Phi) is 4.95. The smallest absolute Gasteiger partial charge is 0.123 e. The third kappa shape index (κ3) is 4.33. The summed E-state index contributed by atoms with van der Waals surface area (Å²) in [7, 11) is 0. The number of rotatable bonds is 5. The average Bonchev–Trinajstić information content (AvgIpc) is 3.01. The maximum Gasteiger partial charge on any atom is 0.123 e. The van der Waals surface area contributed by atoms with Crippen molar-refractivity contribution in [2.24, 2.45) is 0 Å². The fourth-order valence-electron chi connectivity index (χ4n) is 2.57. The maximum absolute atomic E-state index is 12.8. The van der Waals surface area contributed by atoms with Gasteiger partial charge in [-0.15, -0.1) is 11.3 Å². The van der Waals surface area contributed by atoms with Crippen LogP contribution in [0.1, 0.15) is 23.3 Å². The summed E-state index contributed by atoms with van der Waals surface area (Å²) in [5, 5.41) is 0. The van der Waals surface area contributed by atoms with Gasteiger partial charge in [0.25, 0.3) is 0 Å². The van der Waals surface area contributed by atoms with Crippen molar-refractivity contribution in [3.63, 3.8) is 0 Å². The largest absolute Gasteiger partial charge is 0.373 e. The van der Waals surface area contributed by atoms with Gasteiger partial charge in [-0.3, -0.25) is 9.88 Å². The number of likely N-dealkylation sites (tertiary alicyclic amines) is 1. The van der Waals surface area contributed by atoms with E-state index in [-0.39, 0.29) is 5.82 Å². The van der Waals surface area contributed by atoms with E-state index >= 15 is 0 Å². The number of piperidine rings is 1. The quantitative estimate of drug-likeness (QED) is 0.846. The van der Waals surface area contributed by atoms with Crippen LogP contribution in [0.3, 0.4) is 0 Å². The fraction of sp³-hybridized carbons (Fsp3) is 0.438. The molecular weight excluding hydrogens is 287 g/mol. The molecule has 0 radical (unpaired) electrons. The molecule has 1 aromatic heterocycles. The van der Waals surface area contributed by atoms with Gasteiger partial charge >= 0.3 is 0 Å². The summed E-state index contributed by atoms with van der Waals surface area (Å²) in [6.45, 7) is 3.69. The summed E-state index contributed by atoms with van der Waals surface area (Å²) in [5.74, 6) is -0.199. The van der Waals surface area contributed by atoms with Crippen molar-refractivity contribution in [1.29, 1.82) is 0 Å². The van der Waals surface area contributed by atoms with Gasteiger partial charge in [-0.05, 0) is 30.5 Å². The molecule has 1 saturated heterocycles. The predicted octanol–water partition coefficient (Wildman–Crippen LogP) is 3.46. The standard InChI is InChI=1S/C16H19FN2OS/c17-14-3-1-13(2-4-14)11-20-15-5-7-19(8-6-15)10-16-9-18-12-21-16/h1-4,9,12,15H,5-8,10-11H2. The number of aromatic nitrogens is 1. The molecule has 21 heavy (non-hydrogen) atoms. The molecule has 0 aliphatic carbocycles. The Balaban J connectivity index is 1.40. The highest BCUT2D eigenvalue weighted by molar-refractivity contribution is 7.09. The van der Waals surface area contributed by atoms with E-state index in [0.717, 1.165) is 38.0 Å². The van der Waals surface area contributed by atoms with Crippen LogP contribution in [0, 0.1) is 5.82 Å². The van der Waals surface area contributed by atoms with Crippen molar-refractivity contribution in [2.75, 3.05) is 13.1 Å². The molecule has 1 aromatic carbocycles. The molecule has 3 rings (SSSR count). The second kappa shape index (κ2) is 7.11. The van der Waals surface area contributed by atoms with E-state index in [9.17, 15) is 4.39 Å². The van der Waals surface area contributed by atoms with Crippen LogP contribution in [-0.4, -0.2) is 29.1 Å². The molecule has 0 unspecified atom stereocenters. The molecule has 0 amide bonds. The lowest BCUT2D eigenvalue weighted by atomic mass is 10.1. The summed E-state index contributed by atoms with van der Waals surface area (Å²) < 4.78 is 18.8. The summed E-state index contributed by atoms with van der Waals surface area (Å²) >= 11 is 1.71. The molecule has 2 heterocycles. The van der Waals surface area contributed by atoms with E-state index < -0.39 is 0 Å². The number of benzene rings is 1. The van der Waals surface area contributed by atoms with E-state index in [0.29, 0.717) is 12.7 Å². The lowest BCUT2D eigenvalue weighted by Crippen LogP contribution is -2.36. The van der Waals surface area contributed by atoms with E-state index in [1.165, 1.54) is 17.0 Å². The number of hydrogen-bond acceptors (Lipinski definition) is 4. The average molecular weight is 306 g/mol. The van der Waals surface area contributed by atoms with Crippen LogP contribution in [-0.2, 0) is 17.9 Å². The fourth-order valence-corrected chi connectivity index (χ4v) is 3.21. The minimum atomic E-state index is -0.199. The van der Waals surface area contributed by atoms with E-state index in [4.69, 9.17) is 4.74 Å². The van der Waals surface area contributed by atoms with Gasteiger partial charge in [-0.25, -0.2) is 4.39 Å². The second-order valence-electron chi connectivity index (χ2n) is 5.38. The Morgan fingerprint density at radius 1 is 1.24 bits per heavy atom. The van der Waals surface area contributed by atoms with E-state index in [1.54, 1.807) is 23.5 Å². The zero-order valence-electron chi connectivity index (χ0n) is 11.9. The normalized spacial score (nSPS) is 17.2. The van der Waals surface area contributed by atoms with Gasteiger partial charge in [0.1, 0.15) is 5.82 Å². The molecule has 112 valence electrons. The number of nitrogens with zero attached hydrogens (tertiary/aromatic N) is 2. The molecule has 5 heteroatoms. The van der Waals surface area contributed by atoms with Crippen molar-refractivity contribution < 1.29 is 9.13 Å². The van der Waals surface area contributed by atoms with Crippen molar-refractivity contribution in [3.05, 3.63) is 52.2 Å². The highest BCUT2D eigenvalue weighted by Crippen LogP contribution is 2.19. The highest BCUT2D eigenvalue weighted by Gasteiger charge is 2.20. The molecule has 0 atom stereocenters. The van der Waals surface area contributed by atoms with Gasteiger partial charge in [0.2, 0.25) is 0 Å². The molecule has 1 aliphatic rings. The first-order valence-corrected chi connectivity index (χ1v) is 8.13. The number of hydrogen-bond donors (Lipinski definition) is 0. The molecular formula is C16H19FN2OS. The molecule has 1 aliphatic heterocycles. The zero-order chi connectivity index (χ0) is 14.5. The van der Waals surface area contributed by atoms with Crippen molar-refractivity contribution in [1.82, 2.24) is 9.88 Å². The summed E-state index contributed by atoms with van der Waals surface area (Å²) in [5.41, 5.74) is 2.91. The van der Waals surface area contributed by atoms with Gasteiger partial charge < -0.3 is 4.74 Å². The van der Waals surface area contributed by atoms with Gasteiger partial charge in [-0.1, -0.05) is 12.1 Å². The van der Waals surface area contributed by atoms with Crippen LogP contribution in [0.2, 0.25) is 0 Å². The Morgan fingerprint density at radius 2 is 2.00 bits per heavy atom. The SMILES string of the molecule is Fc1ccc(COC2CCN(Cc3cncs3)CC2)cc1. The van der Waals surface area contributed by atoms with Gasteiger partial charge in [0.15, 0.2) is 0 Å². The number of ether oxygens (including phenoxy) is 1. The highest BCUT2D eigenvalue weighted by atomic mass is 32.1. The third-order valence-corrected chi connectivity index (χ3v) is 4.56. The number of thiazole rings is 1. The van der Waals surface area contributed by atoms with Gasteiger partial charge in [0.05, 0.1) is 18.2 Å². The first kappa shape index (κ1) is 14.6. The first-order valence-electron chi connectivity index (χ1n) is 7.25. The van der Waals surface area contributed by atoms with Crippen LogP contribution in [0.5, 0.6) is 0 Å². The Bertz CT molecular complexity index is 536. The molecule has 3 nitrogen and oxygen atoms in total. The third-order valence-electron chi connectivity index (χ3n) is 3.80. The van der Waals surface area contributed by atoms with Gasteiger partial charge in [-0.2, -0.15) is 0 Å². The number of halogens is 1. The van der Waals surface area contributed by atoms with Crippen LogP contribution in [0.4, 0.5) is 4.39 Å². The van der Waals surface area contributed by atoms with E-state index in [2.05, 4.69) is 9.88 Å². The molecule has 1 fully saturated rings. The van der Waals surface area contributed by atoms with Crippen LogP contribution < -0.4 is 0 Å². The minimum Gasteiger partial charge on any atom is -0.373 e. The topological polar surface area (TPSA) is 25.4 Å². The van der Waals surface area contributed by atoms with Crippen molar-refractivity contribution in [3.8, 4) is 0 Å². The summed E-state index contributed by atoms with van der Waals surface area (Å²) in [4.78, 5) is 7.88. The summed E-state index contributed by atoms with van der Waals surface area (Å²) in [6, 6.07) is 6.54. The van der Waals surface area contributed by atoms with Crippen molar-refractivity contribution in [2.45, 2.75) is 32.1 Å². The first-order chi connectivity index (χ1) is 10.3. The van der Waals surface area contributed by atoms with Gasteiger partial charge in [0, 0.05) is 30.7 Å². The van der Waals surface area contributed by atoms with Crippen LogP contribution in [0.15, 0.2) is 36.0 Å². The molecule has 0 bridgehead atoms. The van der Waals surface area contributed by atoms with E-state index in [1.807, 2.05) is 11.7 Å². The minimum absolute atomic E-state index is 0.199. The van der Waals surface area contributed by atoms with Crippen LogP contribution >= 0.6 is 11.3 Å². The molecule has 0 spiro atoms. The Labute approximate surface area is 128 Å². The Hall–Kier alpha value is -1.30. The molecule has 2 aromatic rings. The molecule has 0 N–H and O–H groups in total. The summed E-state index contributed by atoms with van der Waals surface area (Å²) in [6.07, 6.45) is 4.37. The predicted molar refractivity (Wildman–Crippen MR) is 81.6 cm³/mol. The van der Waals surface area contributed by atoms with Crippen LogP contribution in [0.25, 0.3) is 0 Å². The van der Waals surface area contributed by atoms with Crippen molar-refractivity contribution >= 4 is 11.3 Å². The lowest BCUT2D eigenvalue weighted by molar-refractivity contribution is -0.00379. The Morgan fingerprint density at radius 3 is 2.67 bits per heavy atom. The maximum atomic E-state index is 12.8. The second-order valence-corrected chi connectivity index (χ2v) is 6.35. The lowest BCUT2D eigenvalue weighted by Gasteiger charge is -2.31. The monoisotopic (exact) mass is 306 g/mol. The molecule has 0 saturated carbocycles.